The summed E-state index contributed by atoms with van der Waals surface area (Å²) in [6.07, 6.45) is 1.92. The number of benzene rings is 2. The average Bonchev–Trinajstić information content (AvgIpc) is 2.47. The van der Waals surface area contributed by atoms with Crippen LogP contribution in [-0.4, -0.2) is 14.7 Å². The fourth-order valence-electron chi connectivity index (χ4n) is 1.92. The van der Waals surface area contributed by atoms with Crippen molar-refractivity contribution in [2.45, 2.75) is 17.2 Å². The number of hydrogen-bond donors (Lipinski definition) is 2. The van der Waals surface area contributed by atoms with Crippen molar-refractivity contribution in [3.05, 3.63) is 59.7 Å². The van der Waals surface area contributed by atoms with Gasteiger partial charge in [0.05, 0.1) is 11.4 Å². The van der Waals surface area contributed by atoms with Gasteiger partial charge in [-0.15, -0.1) is 11.8 Å². The molecule has 112 valence electrons. The molecule has 0 heterocycles. The summed E-state index contributed by atoms with van der Waals surface area (Å²) in [6.45, 7) is 0.451. The number of thioether (sulfide) groups is 1. The van der Waals surface area contributed by atoms with E-state index >= 15 is 0 Å². The molecule has 0 radical (unpaired) electrons. The fourth-order valence-corrected chi connectivity index (χ4v) is 3.76. The van der Waals surface area contributed by atoms with Crippen LogP contribution in [0.5, 0.6) is 0 Å². The smallest absolute Gasteiger partial charge is 0.236 e. The Morgan fingerprint density at radius 2 is 1.67 bits per heavy atom. The Kier molecular flexibility index (Phi) is 5.27. The van der Waals surface area contributed by atoms with E-state index in [2.05, 4.69) is 4.72 Å². The molecule has 6 heteroatoms. The quantitative estimate of drug-likeness (QED) is 0.802. The highest BCUT2D eigenvalue weighted by atomic mass is 32.2. The van der Waals surface area contributed by atoms with E-state index in [1.54, 1.807) is 18.2 Å². The first-order valence-electron chi connectivity index (χ1n) is 6.45. The third kappa shape index (κ3) is 4.49. The summed E-state index contributed by atoms with van der Waals surface area (Å²) in [5, 5.41) is 0. The zero-order valence-corrected chi connectivity index (χ0v) is 13.4. The lowest BCUT2D eigenvalue weighted by molar-refractivity contribution is 0.600. The molecule has 4 nitrogen and oxygen atoms in total. The van der Waals surface area contributed by atoms with Gasteiger partial charge in [0.25, 0.3) is 0 Å². The van der Waals surface area contributed by atoms with Crippen LogP contribution in [0, 0.1) is 0 Å². The van der Waals surface area contributed by atoms with Crippen LogP contribution in [0.1, 0.15) is 11.1 Å². The molecule has 0 aliphatic carbocycles. The van der Waals surface area contributed by atoms with Crippen LogP contribution in [0.25, 0.3) is 0 Å². The van der Waals surface area contributed by atoms with Crippen LogP contribution in [0.2, 0.25) is 0 Å². The van der Waals surface area contributed by atoms with Crippen molar-refractivity contribution >= 4 is 27.5 Å². The molecule has 21 heavy (non-hydrogen) atoms. The summed E-state index contributed by atoms with van der Waals surface area (Å²) >= 11 is 1.51. The number of sulfonamides is 1. The molecular formula is C15H18N2O2S2. The van der Waals surface area contributed by atoms with Crippen molar-refractivity contribution in [2.24, 2.45) is 5.73 Å². The Hall–Kier alpha value is -1.50. The van der Waals surface area contributed by atoms with E-state index < -0.39 is 10.0 Å². The summed E-state index contributed by atoms with van der Waals surface area (Å²) in [5.41, 5.74) is 7.86. The second-order valence-corrected chi connectivity index (χ2v) is 7.15. The van der Waals surface area contributed by atoms with Gasteiger partial charge in [0.1, 0.15) is 0 Å². The largest absolute Gasteiger partial charge is 0.326 e. The van der Waals surface area contributed by atoms with E-state index in [9.17, 15) is 8.42 Å². The number of nitrogens with one attached hydrogen (secondary N) is 1. The normalized spacial score (nSPS) is 11.3. The van der Waals surface area contributed by atoms with Crippen molar-refractivity contribution in [3.63, 3.8) is 0 Å². The van der Waals surface area contributed by atoms with Gasteiger partial charge in [-0.25, -0.2) is 8.42 Å². The van der Waals surface area contributed by atoms with Crippen LogP contribution >= 0.6 is 11.8 Å². The monoisotopic (exact) mass is 322 g/mol. The first-order valence-corrected chi connectivity index (χ1v) is 9.33. The second kappa shape index (κ2) is 6.98. The van der Waals surface area contributed by atoms with Crippen molar-refractivity contribution in [1.82, 2.24) is 0 Å². The third-order valence-corrected chi connectivity index (χ3v) is 5.03. The Bertz CT molecular complexity index is 698. The first kappa shape index (κ1) is 15.9. The SMILES string of the molecule is CSc1ccccc1NS(=O)(=O)Cc1ccc(CN)cc1. The molecule has 0 amide bonds. The maximum Gasteiger partial charge on any atom is 0.236 e. The summed E-state index contributed by atoms with van der Waals surface area (Å²) in [4.78, 5) is 0.902. The van der Waals surface area contributed by atoms with Gasteiger partial charge < -0.3 is 5.73 Å². The Morgan fingerprint density at radius 3 is 2.29 bits per heavy atom. The van der Waals surface area contributed by atoms with Crippen molar-refractivity contribution in [2.75, 3.05) is 11.0 Å². The lowest BCUT2D eigenvalue weighted by atomic mass is 10.1. The van der Waals surface area contributed by atoms with Crippen LogP contribution in [0.3, 0.4) is 0 Å². The highest BCUT2D eigenvalue weighted by molar-refractivity contribution is 7.99. The Balaban J connectivity index is 2.14. The minimum Gasteiger partial charge on any atom is -0.326 e. The summed E-state index contributed by atoms with van der Waals surface area (Å²) < 4.78 is 27.1. The number of hydrogen-bond acceptors (Lipinski definition) is 4. The van der Waals surface area contributed by atoms with Crippen LogP contribution in [-0.2, 0) is 22.3 Å². The highest BCUT2D eigenvalue weighted by Crippen LogP contribution is 2.26. The lowest BCUT2D eigenvalue weighted by Crippen LogP contribution is -2.15. The lowest BCUT2D eigenvalue weighted by Gasteiger charge is -2.11. The fraction of sp³-hybridized carbons (Fsp3) is 0.200. The first-order chi connectivity index (χ1) is 10.0. The highest BCUT2D eigenvalue weighted by Gasteiger charge is 2.13. The molecule has 0 fully saturated rings. The molecule has 0 aliphatic rings. The van der Waals surface area contributed by atoms with Crippen LogP contribution in [0.4, 0.5) is 5.69 Å². The summed E-state index contributed by atoms with van der Waals surface area (Å²) in [7, 11) is -3.43. The van der Waals surface area contributed by atoms with E-state index in [1.807, 2.05) is 36.6 Å². The zero-order valence-electron chi connectivity index (χ0n) is 11.7. The summed E-state index contributed by atoms with van der Waals surface area (Å²) in [5.74, 6) is -0.0550. The molecule has 0 saturated heterocycles. The second-order valence-electron chi connectivity index (χ2n) is 4.58. The molecular weight excluding hydrogens is 304 g/mol. The molecule has 0 aromatic heterocycles. The maximum atomic E-state index is 12.2. The van der Waals surface area contributed by atoms with Gasteiger partial charge in [-0.1, -0.05) is 36.4 Å². The van der Waals surface area contributed by atoms with E-state index in [0.717, 1.165) is 16.0 Å². The zero-order chi connectivity index (χ0) is 15.3. The van der Waals surface area contributed by atoms with E-state index in [-0.39, 0.29) is 5.75 Å². The average molecular weight is 322 g/mol. The summed E-state index contributed by atoms with van der Waals surface area (Å²) in [6, 6.07) is 14.6. The van der Waals surface area contributed by atoms with Crippen molar-refractivity contribution in [1.29, 1.82) is 0 Å². The topological polar surface area (TPSA) is 72.2 Å². The van der Waals surface area contributed by atoms with E-state index in [4.69, 9.17) is 5.73 Å². The molecule has 0 aliphatic heterocycles. The molecule has 0 saturated carbocycles. The minimum atomic E-state index is -3.43. The number of anilines is 1. The van der Waals surface area contributed by atoms with Gasteiger partial charge in [0.2, 0.25) is 10.0 Å². The molecule has 0 unspecified atom stereocenters. The predicted octanol–water partition coefficient (Wildman–Crippen LogP) is 2.81. The molecule has 0 atom stereocenters. The van der Waals surface area contributed by atoms with Gasteiger partial charge in [-0.2, -0.15) is 0 Å². The molecule has 2 aromatic rings. The standard InChI is InChI=1S/C15H18N2O2S2/c1-20-15-5-3-2-4-14(15)17-21(18,19)11-13-8-6-12(10-16)7-9-13/h2-9,17H,10-11,16H2,1H3. The minimum absolute atomic E-state index is 0.0550. The number of nitrogens with two attached hydrogens (primary N) is 1. The number of para-hydroxylation sites is 1. The third-order valence-electron chi connectivity index (χ3n) is 2.99. The van der Waals surface area contributed by atoms with Crippen LogP contribution in [0.15, 0.2) is 53.4 Å². The number of rotatable bonds is 6. The van der Waals surface area contributed by atoms with Gasteiger partial charge in [0.15, 0.2) is 0 Å². The van der Waals surface area contributed by atoms with E-state index in [0.29, 0.717) is 12.2 Å². The Morgan fingerprint density at radius 1 is 1.05 bits per heavy atom. The van der Waals surface area contributed by atoms with Gasteiger partial charge in [-0.3, -0.25) is 4.72 Å². The van der Waals surface area contributed by atoms with Gasteiger partial charge in [0, 0.05) is 11.4 Å². The molecule has 2 aromatic carbocycles. The molecule has 0 spiro atoms. The van der Waals surface area contributed by atoms with Crippen LogP contribution < -0.4 is 10.5 Å². The van der Waals surface area contributed by atoms with E-state index in [1.165, 1.54) is 11.8 Å². The van der Waals surface area contributed by atoms with Gasteiger partial charge >= 0.3 is 0 Å². The molecule has 3 N–H and O–H groups in total. The van der Waals surface area contributed by atoms with Gasteiger partial charge in [-0.05, 0) is 29.5 Å². The molecule has 0 bridgehead atoms. The maximum absolute atomic E-state index is 12.2. The Labute approximate surface area is 129 Å². The predicted molar refractivity (Wildman–Crippen MR) is 88.8 cm³/mol. The van der Waals surface area contributed by atoms with Crippen molar-refractivity contribution < 1.29 is 8.42 Å². The van der Waals surface area contributed by atoms with Crippen molar-refractivity contribution in [3.8, 4) is 0 Å². The molecule has 2 rings (SSSR count).